The molecule has 1 aliphatic rings. The van der Waals surface area contributed by atoms with E-state index in [4.69, 9.17) is 5.21 Å². The summed E-state index contributed by atoms with van der Waals surface area (Å²) in [6, 6.07) is 1.73. The van der Waals surface area contributed by atoms with Crippen LogP contribution in [-0.4, -0.2) is 36.7 Å². The Balaban J connectivity index is 2.26. The molecule has 2 heterocycles. The molecular formula is C10H13BrN2O3S2. The fourth-order valence-electron chi connectivity index (χ4n) is 1.94. The highest BCUT2D eigenvalue weighted by Crippen LogP contribution is 2.31. The van der Waals surface area contributed by atoms with Gasteiger partial charge in [-0.1, -0.05) is 12.1 Å². The summed E-state index contributed by atoms with van der Waals surface area (Å²) in [6.07, 6.45) is 0.472. The Bertz CT molecular complexity index is 567. The first-order chi connectivity index (χ1) is 8.46. The molecule has 0 saturated carbocycles. The van der Waals surface area contributed by atoms with E-state index in [0.717, 1.165) is 0 Å². The van der Waals surface area contributed by atoms with Gasteiger partial charge in [0, 0.05) is 29.9 Å². The predicted molar refractivity (Wildman–Crippen MR) is 73.8 cm³/mol. The Hall–Kier alpha value is -0.440. The fourth-order valence-corrected chi connectivity index (χ4v) is 5.92. The Kier molecular flexibility index (Phi) is 4.10. The molecule has 2 rings (SSSR count). The van der Waals surface area contributed by atoms with Gasteiger partial charge in [0.1, 0.15) is 4.21 Å². The third kappa shape index (κ3) is 2.47. The second-order valence-electron chi connectivity index (χ2n) is 4.16. The molecule has 8 heteroatoms. The van der Waals surface area contributed by atoms with Gasteiger partial charge in [0.05, 0.1) is 5.71 Å². The topological polar surface area (TPSA) is 70.0 Å². The maximum Gasteiger partial charge on any atom is 0.253 e. The van der Waals surface area contributed by atoms with Crippen LogP contribution >= 0.6 is 27.3 Å². The second-order valence-corrected chi connectivity index (χ2v) is 8.07. The molecule has 1 saturated heterocycles. The van der Waals surface area contributed by atoms with Gasteiger partial charge >= 0.3 is 0 Å². The molecule has 0 aliphatic carbocycles. The number of hydrogen-bond donors (Lipinski definition) is 1. The summed E-state index contributed by atoms with van der Waals surface area (Å²) in [4.78, 5) is 0. The first kappa shape index (κ1) is 14.0. The lowest BCUT2D eigenvalue weighted by Gasteiger charge is -2.30. The molecule has 100 valence electrons. The predicted octanol–water partition coefficient (Wildman–Crippen LogP) is 2.37. The summed E-state index contributed by atoms with van der Waals surface area (Å²) in [6.45, 7) is 2.57. The van der Waals surface area contributed by atoms with Gasteiger partial charge in [0.2, 0.25) is 0 Å². The van der Waals surface area contributed by atoms with E-state index in [1.807, 2.05) is 6.92 Å². The average Bonchev–Trinajstić information content (AvgIpc) is 2.76. The summed E-state index contributed by atoms with van der Waals surface area (Å²) in [5.41, 5.74) is 0.659. The fraction of sp³-hybridized carbons (Fsp3) is 0.500. The summed E-state index contributed by atoms with van der Waals surface area (Å²) in [5.74, 6) is -0.0581. The van der Waals surface area contributed by atoms with E-state index in [0.29, 0.717) is 33.9 Å². The van der Waals surface area contributed by atoms with Crippen LogP contribution in [-0.2, 0) is 10.0 Å². The zero-order valence-electron chi connectivity index (χ0n) is 9.71. The first-order valence-corrected chi connectivity index (χ1v) is 8.52. The van der Waals surface area contributed by atoms with E-state index >= 15 is 0 Å². The van der Waals surface area contributed by atoms with E-state index in [-0.39, 0.29) is 5.92 Å². The van der Waals surface area contributed by atoms with Crippen molar-refractivity contribution >= 4 is 43.0 Å². The number of hydrogen-bond acceptors (Lipinski definition) is 5. The SMILES string of the molecule is CC1CN(S(=O)(=O)c2sccc2Br)CC/C1=N\O. The van der Waals surface area contributed by atoms with Crippen LogP contribution in [0.25, 0.3) is 0 Å². The Morgan fingerprint density at radius 3 is 2.83 bits per heavy atom. The molecule has 18 heavy (non-hydrogen) atoms. The number of oxime groups is 1. The average molecular weight is 353 g/mol. The number of nitrogens with zero attached hydrogens (tertiary/aromatic N) is 2. The number of thiophene rings is 1. The summed E-state index contributed by atoms with van der Waals surface area (Å²) in [7, 11) is -3.45. The van der Waals surface area contributed by atoms with E-state index in [1.54, 1.807) is 11.4 Å². The normalized spacial score (nSPS) is 24.6. The molecule has 1 aromatic rings. The minimum atomic E-state index is -3.45. The highest BCUT2D eigenvalue weighted by molar-refractivity contribution is 9.10. The zero-order chi connectivity index (χ0) is 13.3. The van der Waals surface area contributed by atoms with Crippen molar-refractivity contribution in [3.8, 4) is 0 Å². The Labute approximate surface area is 118 Å². The van der Waals surface area contributed by atoms with E-state index in [2.05, 4.69) is 21.1 Å². The van der Waals surface area contributed by atoms with Crippen LogP contribution in [0.1, 0.15) is 13.3 Å². The summed E-state index contributed by atoms with van der Waals surface area (Å²) in [5, 5.41) is 13.7. The van der Waals surface area contributed by atoms with Gasteiger partial charge in [-0.2, -0.15) is 4.31 Å². The summed E-state index contributed by atoms with van der Waals surface area (Å²) >= 11 is 4.45. The molecule has 1 atom stereocenters. The van der Waals surface area contributed by atoms with E-state index in [9.17, 15) is 8.42 Å². The number of piperidine rings is 1. The molecule has 5 nitrogen and oxygen atoms in total. The number of sulfonamides is 1. The zero-order valence-corrected chi connectivity index (χ0v) is 12.9. The number of halogens is 1. The molecule has 1 aliphatic heterocycles. The van der Waals surface area contributed by atoms with Gasteiger partial charge in [-0.05, 0) is 27.4 Å². The smallest absolute Gasteiger partial charge is 0.253 e. The van der Waals surface area contributed by atoms with Crippen molar-refractivity contribution in [3.05, 3.63) is 15.9 Å². The molecule has 1 unspecified atom stereocenters. The maximum absolute atomic E-state index is 12.4. The monoisotopic (exact) mass is 352 g/mol. The van der Waals surface area contributed by atoms with Crippen molar-refractivity contribution in [1.82, 2.24) is 4.31 Å². The Morgan fingerprint density at radius 1 is 1.61 bits per heavy atom. The Morgan fingerprint density at radius 2 is 2.33 bits per heavy atom. The van der Waals surface area contributed by atoms with Crippen LogP contribution < -0.4 is 0 Å². The van der Waals surface area contributed by atoms with Gasteiger partial charge in [-0.25, -0.2) is 8.42 Å². The van der Waals surface area contributed by atoms with Gasteiger partial charge in [0.15, 0.2) is 0 Å². The highest BCUT2D eigenvalue weighted by atomic mass is 79.9. The van der Waals surface area contributed by atoms with Crippen molar-refractivity contribution < 1.29 is 13.6 Å². The van der Waals surface area contributed by atoms with Crippen LogP contribution in [0.5, 0.6) is 0 Å². The van der Waals surface area contributed by atoms with Crippen LogP contribution in [0.2, 0.25) is 0 Å². The van der Waals surface area contributed by atoms with Crippen molar-refractivity contribution in [2.24, 2.45) is 11.1 Å². The molecule has 0 bridgehead atoms. The van der Waals surface area contributed by atoms with Gasteiger partial charge in [0.25, 0.3) is 10.0 Å². The largest absolute Gasteiger partial charge is 0.411 e. The van der Waals surface area contributed by atoms with Crippen molar-refractivity contribution in [3.63, 3.8) is 0 Å². The van der Waals surface area contributed by atoms with E-state index in [1.165, 1.54) is 15.6 Å². The first-order valence-electron chi connectivity index (χ1n) is 5.40. The third-order valence-electron chi connectivity index (χ3n) is 2.95. The minimum Gasteiger partial charge on any atom is -0.411 e. The molecule has 0 aromatic carbocycles. The van der Waals surface area contributed by atoms with Gasteiger partial charge in [-0.15, -0.1) is 11.3 Å². The van der Waals surface area contributed by atoms with Gasteiger partial charge < -0.3 is 5.21 Å². The molecule has 1 aromatic heterocycles. The maximum atomic E-state index is 12.4. The van der Waals surface area contributed by atoms with Crippen LogP contribution in [0.4, 0.5) is 0 Å². The summed E-state index contributed by atoms with van der Waals surface area (Å²) < 4.78 is 27.2. The third-order valence-corrected chi connectivity index (χ3v) is 7.46. The lowest BCUT2D eigenvalue weighted by Crippen LogP contribution is -2.43. The van der Waals surface area contributed by atoms with Crippen LogP contribution in [0, 0.1) is 5.92 Å². The molecule has 1 N–H and O–H groups in total. The quantitative estimate of drug-likeness (QED) is 0.656. The van der Waals surface area contributed by atoms with Crippen molar-refractivity contribution in [2.45, 2.75) is 17.6 Å². The molecular weight excluding hydrogens is 340 g/mol. The van der Waals surface area contributed by atoms with Crippen molar-refractivity contribution in [2.75, 3.05) is 13.1 Å². The lowest BCUT2D eigenvalue weighted by atomic mass is 10.00. The second kappa shape index (κ2) is 5.28. The molecule has 0 radical (unpaired) electrons. The minimum absolute atomic E-state index is 0.0581. The van der Waals surface area contributed by atoms with E-state index < -0.39 is 10.0 Å². The van der Waals surface area contributed by atoms with Crippen LogP contribution in [0.15, 0.2) is 25.3 Å². The molecule has 1 fully saturated rings. The highest BCUT2D eigenvalue weighted by Gasteiger charge is 2.33. The lowest BCUT2D eigenvalue weighted by molar-refractivity contribution is 0.300. The van der Waals surface area contributed by atoms with Gasteiger partial charge in [-0.3, -0.25) is 0 Å². The molecule has 0 amide bonds. The number of rotatable bonds is 2. The molecule has 0 spiro atoms. The standard InChI is InChI=1S/C10H13BrN2O3S2/c1-7-6-13(4-2-9(7)12-14)18(15,16)10-8(11)3-5-17-10/h3,5,7,14H,2,4,6H2,1H3/b12-9+. The van der Waals surface area contributed by atoms with Crippen LogP contribution in [0.3, 0.4) is 0 Å². The van der Waals surface area contributed by atoms with Crippen molar-refractivity contribution in [1.29, 1.82) is 0 Å².